The molecule has 0 fully saturated rings. The van der Waals surface area contributed by atoms with Crippen LogP contribution in [0, 0.1) is 6.92 Å². The summed E-state index contributed by atoms with van der Waals surface area (Å²) in [4.78, 5) is 13.8. The molecule has 0 unspecified atom stereocenters. The van der Waals surface area contributed by atoms with Crippen LogP contribution >= 0.6 is 11.6 Å². The number of aryl methyl sites for hydroxylation is 1. The number of halogens is 1. The summed E-state index contributed by atoms with van der Waals surface area (Å²) >= 11 is 6.20. The van der Waals surface area contributed by atoms with Crippen LogP contribution in [0.4, 0.5) is 11.5 Å². The fourth-order valence-electron chi connectivity index (χ4n) is 3.22. The van der Waals surface area contributed by atoms with Gasteiger partial charge in [0.2, 0.25) is 0 Å². The highest BCUT2D eigenvalue weighted by Crippen LogP contribution is 2.37. The van der Waals surface area contributed by atoms with Crippen LogP contribution in [0.15, 0.2) is 54.9 Å². The molecule has 6 nitrogen and oxygen atoms in total. The predicted octanol–water partition coefficient (Wildman–Crippen LogP) is 6.19. The molecule has 0 aliphatic carbocycles. The van der Waals surface area contributed by atoms with Gasteiger partial charge < -0.3 is 14.8 Å². The maximum absolute atomic E-state index is 6.20. The molecule has 31 heavy (non-hydrogen) atoms. The number of rotatable bonds is 6. The van der Waals surface area contributed by atoms with Crippen molar-refractivity contribution in [2.45, 2.75) is 26.9 Å². The van der Waals surface area contributed by atoms with Gasteiger partial charge in [0.05, 0.1) is 18.7 Å². The lowest BCUT2D eigenvalue weighted by Crippen LogP contribution is -2.07. The first-order chi connectivity index (χ1) is 14.9. The summed E-state index contributed by atoms with van der Waals surface area (Å²) in [5, 5.41) is 4.95. The molecule has 0 bridgehead atoms. The number of anilines is 2. The van der Waals surface area contributed by atoms with Crippen molar-refractivity contribution >= 4 is 34.0 Å². The van der Waals surface area contributed by atoms with Crippen molar-refractivity contribution in [2.75, 3.05) is 12.4 Å². The molecule has 0 aliphatic rings. The minimum absolute atomic E-state index is 0.00254. The molecule has 4 aromatic rings. The minimum atomic E-state index is -0.00254. The van der Waals surface area contributed by atoms with Crippen molar-refractivity contribution in [1.82, 2.24) is 15.0 Å². The second kappa shape index (κ2) is 8.78. The molecule has 2 heterocycles. The monoisotopic (exact) mass is 434 g/mol. The summed E-state index contributed by atoms with van der Waals surface area (Å²) in [6.45, 7) is 5.91. The molecule has 0 aliphatic heterocycles. The van der Waals surface area contributed by atoms with Crippen LogP contribution in [0.5, 0.6) is 11.5 Å². The molecule has 7 heteroatoms. The Morgan fingerprint density at radius 2 is 1.87 bits per heavy atom. The van der Waals surface area contributed by atoms with Crippen LogP contribution in [0.2, 0.25) is 5.02 Å². The lowest BCUT2D eigenvalue weighted by molar-refractivity contribution is 0.230. The first kappa shape index (κ1) is 20.9. The molecule has 158 valence electrons. The smallest absolute Gasteiger partial charge is 0.163 e. The van der Waals surface area contributed by atoms with Gasteiger partial charge in [-0.1, -0.05) is 11.6 Å². The number of methoxy groups -OCH3 is 1. The third kappa shape index (κ3) is 4.54. The number of nitrogens with zero attached hydrogens (tertiary/aromatic N) is 3. The summed E-state index contributed by atoms with van der Waals surface area (Å²) in [6.07, 6.45) is 3.46. The van der Waals surface area contributed by atoms with Crippen molar-refractivity contribution < 1.29 is 9.47 Å². The fourth-order valence-corrected chi connectivity index (χ4v) is 3.34. The number of aromatic nitrogens is 3. The van der Waals surface area contributed by atoms with Crippen molar-refractivity contribution in [1.29, 1.82) is 0 Å². The molecular formula is C24H23ClN4O2. The fraction of sp³-hybridized carbons (Fsp3) is 0.208. The van der Waals surface area contributed by atoms with Crippen LogP contribution in [-0.2, 0) is 0 Å². The van der Waals surface area contributed by atoms with Crippen LogP contribution < -0.4 is 14.8 Å². The van der Waals surface area contributed by atoms with Gasteiger partial charge in [0, 0.05) is 40.1 Å². The molecule has 1 N–H and O–H groups in total. The molecule has 2 aromatic heterocycles. The first-order valence-electron chi connectivity index (χ1n) is 9.94. The van der Waals surface area contributed by atoms with Crippen LogP contribution in [-0.4, -0.2) is 28.2 Å². The van der Waals surface area contributed by atoms with Gasteiger partial charge in [-0.2, -0.15) is 0 Å². The maximum Gasteiger partial charge on any atom is 0.163 e. The maximum atomic E-state index is 6.20. The predicted molar refractivity (Wildman–Crippen MR) is 125 cm³/mol. The van der Waals surface area contributed by atoms with Crippen LogP contribution in [0.25, 0.3) is 22.3 Å². The topological polar surface area (TPSA) is 69.2 Å². The van der Waals surface area contributed by atoms with Crippen LogP contribution in [0.1, 0.15) is 19.4 Å². The van der Waals surface area contributed by atoms with E-state index in [9.17, 15) is 0 Å². The zero-order valence-corrected chi connectivity index (χ0v) is 18.6. The number of ether oxygens (including phenoxy) is 2. The summed E-state index contributed by atoms with van der Waals surface area (Å²) in [5.74, 6) is 2.47. The molecule has 0 atom stereocenters. The Bertz CT molecular complexity index is 1230. The van der Waals surface area contributed by atoms with Gasteiger partial charge in [-0.05, 0) is 62.7 Å². The Kier molecular flexibility index (Phi) is 5.91. The third-order valence-electron chi connectivity index (χ3n) is 4.68. The van der Waals surface area contributed by atoms with E-state index in [4.69, 9.17) is 31.0 Å². The van der Waals surface area contributed by atoms with E-state index in [1.165, 1.54) is 0 Å². The number of pyridine rings is 1. The molecule has 0 saturated heterocycles. The average Bonchev–Trinajstić information content (AvgIpc) is 2.76. The first-order valence-corrected chi connectivity index (χ1v) is 10.3. The summed E-state index contributed by atoms with van der Waals surface area (Å²) in [5.41, 5.74) is 3.40. The Hall–Kier alpha value is -3.38. The molecule has 4 rings (SSSR count). The highest BCUT2D eigenvalue weighted by Gasteiger charge is 2.16. The van der Waals surface area contributed by atoms with Crippen molar-refractivity contribution in [2.24, 2.45) is 0 Å². The molecule has 0 amide bonds. The van der Waals surface area contributed by atoms with Crippen molar-refractivity contribution in [3.8, 4) is 22.9 Å². The van der Waals surface area contributed by atoms with Gasteiger partial charge in [-0.15, -0.1) is 0 Å². The van der Waals surface area contributed by atoms with E-state index in [0.717, 1.165) is 27.7 Å². The average molecular weight is 435 g/mol. The van der Waals surface area contributed by atoms with E-state index in [1.807, 2.05) is 63.2 Å². The number of fused-ring (bicyclic) bond motifs is 1. The normalized spacial score (nSPS) is 11.0. The van der Waals surface area contributed by atoms with E-state index >= 15 is 0 Å². The highest BCUT2D eigenvalue weighted by molar-refractivity contribution is 6.31. The SMILES string of the molecule is COc1cc2nc(-c3cccnc3)nc(Nc3ccc(Cl)c(C)c3)c2cc1OC(C)C. The van der Waals surface area contributed by atoms with E-state index in [0.29, 0.717) is 28.2 Å². The van der Waals surface area contributed by atoms with Crippen LogP contribution in [0.3, 0.4) is 0 Å². The molecule has 2 aromatic carbocycles. The number of benzene rings is 2. The molecule has 0 saturated carbocycles. The van der Waals surface area contributed by atoms with Gasteiger partial charge in [-0.25, -0.2) is 9.97 Å². The van der Waals surface area contributed by atoms with Gasteiger partial charge in [0.15, 0.2) is 17.3 Å². The Morgan fingerprint density at radius 3 is 2.55 bits per heavy atom. The zero-order valence-electron chi connectivity index (χ0n) is 17.8. The van der Waals surface area contributed by atoms with E-state index in [-0.39, 0.29) is 6.10 Å². The molecule has 0 spiro atoms. The molecule has 0 radical (unpaired) electrons. The lowest BCUT2D eigenvalue weighted by Gasteiger charge is -2.17. The number of hydrogen-bond donors (Lipinski definition) is 1. The molecular weight excluding hydrogens is 412 g/mol. The summed E-state index contributed by atoms with van der Waals surface area (Å²) in [7, 11) is 1.62. The van der Waals surface area contributed by atoms with Crippen molar-refractivity contribution in [3.05, 3.63) is 65.4 Å². The Morgan fingerprint density at radius 1 is 1.03 bits per heavy atom. The highest BCUT2D eigenvalue weighted by atomic mass is 35.5. The van der Waals surface area contributed by atoms with E-state index in [1.54, 1.807) is 19.5 Å². The largest absolute Gasteiger partial charge is 0.493 e. The Labute approximate surface area is 186 Å². The quantitative estimate of drug-likeness (QED) is 0.390. The van der Waals surface area contributed by atoms with Gasteiger partial charge in [-0.3, -0.25) is 4.98 Å². The lowest BCUT2D eigenvalue weighted by atomic mass is 10.1. The second-order valence-corrected chi connectivity index (χ2v) is 7.82. The van der Waals surface area contributed by atoms with Crippen molar-refractivity contribution in [3.63, 3.8) is 0 Å². The minimum Gasteiger partial charge on any atom is -0.493 e. The zero-order chi connectivity index (χ0) is 22.0. The van der Waals surface area contributed by atoms with Gasteiger partial charge in [0.25, 0.3) is 0 Å². The van der Waals surface area contributed by atoms with E-state index < -0.39 is 0 Å². The standard InChI is InChI=1S/C24H23ClN4O2/c1-14(2)31-22-11-18-20(12-21(22)30-4)28-23(16-6-5-9-26-13-16)29-24(18)27-17-7-8-19(25)15(3)10-17/h5-14H,1-4H3,(H,27,28,29). The van der Waals surface area contributed by atoms with E-state index in [2.05, 4.69) is 10.3 Å². The second-order valence-electron chi connectivity index (χ2n) is 7.41. The number of hydrogen-bond acceptors (Lipinski definition) is 6. The van der Waals surface area contributed by atoms with Gasteiger partial charge in [0.1, 0.15) is 5.82 Å². The number of nitrogens with one attached hydrogen (secondary N) is 1. The summed E-state index contributed by atoms with van der Waals surface area (Å²) < 4.78 is 11.5. The summed E-state index contributed by atoms with van der Waals surface area (Å²) in [6, 6.07) is 13.3. The van der Waals surface area contributed by atoms with Gasteiger partial charge >= 0.3 is 0 Å². The third-order valence-corrected chi connectivity index (χ3v) is 5.11. The Balaban J connectivity index is 1.91.